The molecule has 0 aromatic rings. The Morgan fingerprint density at radius 1 is 0.444 bits per heavy atom. The van der Waals surface area contributed by atoms with Crippen molar-refractivity contribution >= 4 is 11.9 Å². The largest absolute Gasteiger partial charge is 0.465 e. The van der Waals surface area contributed by atoms with E-state index in [1.165, 1.54) is 212 Å². The number of aliphatic hydroxyl groups excluding tert-OH is 2. The van der Waals surface area contributed by atoms with Crippen LogP contribution in [0.3, 0.4) is 0 Å². The van der Waals surface area contributed by atoms with E-state index >= 15 is 0 Å². The third-order valence-corrected chi connectivity index (χ3v) is 12.7. The fourth-order valence-corrected chi connectivity index (χ4v) is 8.41. The molecule has 0 heterocycles. The van der Waals surface area contributed by atoms with E-state index in [0.717, 1.165) is 51.4 Å². The molecule has 0 aromatic carbocycles. The molecule has 2 atom stereocenters. The third kappa shape index (κ3) is 49.4. The lowest BCUT2D eigenvalue weighted by Crippen LogP contribution is -2.45. The monoisotopic (exact) mass is 886 g/mol. The van der Waals surface area contributed by atoms with Crippen LogP contribution in [0.25, 0.3) is 0 Å². The molecule has 2 unspecified atom stereocenters. The number of unbranched alkanes of at least 4 members (excludes halogenated alkanes) is 36. The zero-order valence-electron chi connectivity index (χ0n) is 42.1. The van der Waals surface area contributed by atoms with E-state index in [1.807, 2.05) is 6.08 Å². The zero-order chi connectivity index (χ0) is 45.8. The van der Waals surface area contributed by atoms with E-state index < -0.39 is 12.1 Å². The molecule has 0 aromatic heterocycles. The second kappa shape index (κ2) is 52.7. The quantitative estimate of drug-likeness (QED) is 0.0321. The first-order valence-electron chi connectivity index (χ1n) is 27.8. The fraction of sp³-hybridized carbons (Fsp3) is 0.860. The van der Waals surface area contributed by atoms with Gasteiger partial charge in [-0.15, -0.1) is 0 Å². The average Bonchev–Trinajstić information content (AvgIpc) is 3.28. The van der Waals surface area contributed by atoms with Crippen molar-refractivity contribution in [2.45, 2.75) is 302 Å². The Labute approximate surface area is 392 Å². The van der Waals surface area contributed by atoms with Crippen LogP contribution >= 0.6 is 0 Å². The molecule has 63 heavy (non-hydrogen) atoms. The number of nitrogens with one attached hydrogen (secondary N) is 1. The van der Waals surface area contributed by atoms with E-state index in [0.29, 0.717) is 19.4 Å². The molecule has 1 amide bonds. The minimum atomic E-state index is -0.846. The summed E-state index contributed by atoms with van der Waals surface area (Å²) >= 11 is 0. The van der Waals surface area contributed by atoms with Gasteiger partial charge in [0.05, 0.1) is 25.4 Å². The van der Waals surface area contributed by atoms with Gasteiger partial charge in [0.25, 0.3) is 0 Å². The van der Waals surface area contributed by atoms with E-state index in [9.17, 15) is 19.8 Å². The number of rotatable bonds is 51. The van der Waals surface area contributed by atoms with Gasteiger partial charge in [-0.25, -0.2) is 0 Å². The van der Waals surface area contributed by atoms with Crippen LogP contribution in [0.15, 0.2) is 36.5 Å². The minimum Gasteiger partial charge on any atom is -0.465 e. The predicted octanol–water partition coefficient (Wildman–Crippen LogP) is 16.9. The Kier molecular flexibility index (Phi) is 51.1. The van der Waals surface area contributed by atoms with Crippen molar-refractivity contribution in [1.29, 1.82) is 0 Å². The second-order valence-electron chi connectivity index (χ2n) is 18.9. The first kappa shape index (κ1) is 61.1. The minimum absolute atomic E-state index is 0.0335. The number of hydrogen-bond acceptors (Lipinski definition) is 5. The van der Waals surface area contributed by atoms with Gasteiger partial charge in [-0.2, -0.15) is 0 Å². The molecule has 6 heteroatoms. The first-order valence-corrected chi connectivity index (χ1v) is 27.8. The summed E-state index contributed by atoms with van der Waals surface area (Å²) in [7, 11) is 0. The number of hydrogen-bond donors (Lipinski definition) is 3. The number of carbonyl (C=O) groups excluding carboxylic acids is 2. The highest BCUT2D eigenvalue weighted by Crippen LogP contribution is 2.16. The van der Waals surface area contributed by atoms with E-state index in [2.05, 4.69) is 43.5 Å². The van der Waals surface area contributed by atoms with Crippen molar-refractivity contribution in [3.8, 4) is 0 Å². The van der Waals surface area contributed by atoms with Crippen molar-refractivity contribution in [3.05, 3.63) is 36.5 Å². The van der Waals surface area contributed by atoms with Crippen LogP contribution in [0, 0.1) is 0 Å². The number of ether oxygens (including phenoxy) is 1. The van der Waals surface area contributed by atoms with Gasteiger partial charge in [0.1, 0.15) is 0 Å². The summed E-state index contributed by atoms with van der Waals surface area (Å²) in [5.74, 6) is -0.108. The zero-order valence-corrected chi connectivity index (χ0v) is 42.1. The third-order valence-electron chi connectivity index (χ3n) is 12.7. The van der Waals surface area contributed by atoms with Crippen LogP contribution in [0.2, 0.25) is 0 Å². The lowest BCUT2D eigenvalue weighted by molar-refractivity contribution is -0.143. The standard InChI is InChI=1S/C57H107NO5/c1-3-5-7-9-11-13-15-16-24-28-31-35-39-43-47-51-57(62)63-52-48-44-40-36-32-29-26-23-21-19-17-18-20-22-25-27-30-34-38-42-46-50-56(61)58-54(53-59)55(60)49-45-41-37-33-14-12-10-8-6-4-2/h29,32,40,44-45,49,54-55,59-60H,3-28,30-31,33-39,41-43,46-48,50-53H2,1-2H3,(H,58,61)/b32-29-,44-40-,49-45+. The number of esters is 1. The van der Waals surface area contributed by atoms with Crippen LogP contribution < -0.4 is 5.32 Å². The van der Waals surface area contributed by atoms with Gasteiger partial charge in [-0.3, -0.25) is 9.59 Å². The van der Waals surface area contributed by atoms with Crippen LogP contribution in [0.4, 0.5) is 0 Å². The summed E-state index contributed by atoms with van der Waals surface area (Å²) in [6.45, 7) is 4.78. The maximum absolute atomic E-state index is 12.4. The maximum atomic E-state index is 12.4. The lowest BCUT2D eigenvalue weighted by Gasteiger charge is -2.20. The second-order valence-corrected chi connectivity index (χ2v) is 18.9. The average molecular weight is 886 g/mol. The van der Waals surface area contributed by atoms with Crippen molar-refractivity contribution in [3.63, 3.8) is 0 Å². The smallest absolute Gasteiger partial charge is 0.305 e. The van der Waals surface area contributed by atoms with Gasteiger partial charge < -0.3 is 20.3 Å². The Morgan fingerprint density at radius 3 is 1.21 bits per heavy atom. The lowest BCUT2D eigenvalue weighted by atomic mass is 10.0. The van der Waals surface area contributed by atoms with Gasteiger partial charge in [0, 0.05) is 12.8 Å². The van der Waals surface area contributed by atoms with Crippen molar-refractivity contribution in [2.75, 3.05) is 13.2 Å². The Balaban J connectivity index is 3.45. The Morgan fingerprint density at radius 2 is 0.794 bits per heavy atom. The number of aliphatic hydroxyl groups is 2. The summed E-state index contributed by atoms with van der Waals surface area (Å²) in [4.78, 5) is 24.4. The van der Waals surface area contributed by atoms with Gasteiger partial charge in [-0.1, -0.05) is 262 Å². The topological polar surface area (TPSA) is 95.9 Å². The molecule has 0 saturated carbocycles. The Bertz CT molecular complexity index is 1020. The molecule has 0 bridgehead atoms. The normalized spacial score (nSPS) is 12.9. The highest BCUT2D eigenvalue weighted by atomic mass is 16.5. The highest BCUT2D eigenvalue weighted by molar-refractivity contribution is 5.76. The highest BCUT2D eigenvalue weighted by Gasteiger charge is 2.18. The molecule has 0 aliphatic carbocycles. The van der Waals surface area contributed by atoms with Crippen molar-refractivity contribution in [2.24, 2.45) is 0 Å². The summed E-state index contributed by atoms with van der Waals surface area (Å²) in [6, 6.07) is -0.630. The molecular formula is C57H107NO5. The van der Waals surface area contributed by atoms with Gasteiger partial charge in [0.2, 0.25) is 5.91 Å². The van der Waals surface area contributed by atoms with E-state index in [-0.39, 0.29) is 18.5 Å². The van der Waals surface area contributed by atoms with Gasteiger partial charge in [0.15, 0.2) is 0 Å². The Hall–Kier alpha value is -1.92. The molecule has 3 N–H and O–H groups in total. The molecule has 0 fully saturated rings. The summed E-state index contributed by atoms with van der Waals surface area (Å²) in [5.41, 5.74) is 0. The van der Waals surface area contributed by atoms with Gasteiger partial charge >= 0.3 is 5.97 Å². The summed E-state index contributed by atoms with van der Waals surface area (Å²) < 4.78 is 5.42. The number of carbonyl (C=O) groups is 2. The molecule has 0 radical (unpaired) electrons. The molecular weight excluding hydrogens is 779 g/mol. The van der Waals surface area contributed by atoms with Crippen LogP contribution in [0.5, 0.6) is 0 Å². The van der Waals surface area contributed by atoms with Gasteiger partial charge in [-0.05, 0) is 51.4 Å². The van der Waals surface area contributed by atoms with Crippen molar-refractivity contribution in [1.82, 2.24) is 5.32 Å². The van der Waals surface area contributed by atoms with Crippen LogP contribution in [0.1, 0.15) is 290 Å². The maximum Gasteiger partial charge on any atom is 0.305 e. The molecule has 6 nitrogen and oxygen atoms in total. The molecule has 0 saturated heterocycles. The number of amides is 1. The molecule has 0 rings (SSSR count). The van der Waals surface area contributed by atoms with E-state index in [4.69, 9.17) is 4.74 Å². The fourth-order valence-electron chi connectivity index (χ4n) is 8.41. The molecule has 0 aliphatic heterocycles. The molecule has 370 valence electrons. The summed E-state index contributed by atoms with van der Waals surface area (Å²) in [5, 5.41) is 23.0. The van der Waals surface area contributed by atoms with Crippen molar-refractivity contribution < 1.29 is 24.5 Å². The number of allylic oxidation sites excluding steroid dienone is 4. The SMILES string of the molecule is CCCCCCCCCC/C=C/C(O)C(CO)NC(=O)CCCCCCCCCCCCCCCC/C=C\C/C=C\CCOC(=O)CCCCCCCCCCCCCCCCC. The van der Waals surface area contributed by atoms with E-state index in [1.54, 1.807) is 6.08 Å². The summed E-state index contributed by atoms with van der Waals surface area (Å²) in [6.07, 6.45) is 64.7. The predicted molar refractivity (Wildman–Crippen MR) is 273 cm³/mol. The molecule has 0 aliphatic rings. The molecule has 0 spiro atoms. The van der Waals surface area contributed by atoms with Crippen LogP contribution in [-0.4, -0.2) is 47.4 Å². The first-order chi connectivity index (χ1) is 31.0. The van der Waals surface area contributed by atoms with Crippen LogP contribution in [-0.2, 0) is 14.3 Å².